The van der Waals surface area contributed by atoms with Crippen LogP contribution in [0.2, 0.25) is 0 Å². The lowest BCUT2D eigenvalue weighted by Gasteiger charge is -2.35. The van der Waals surface area contributed by atoms with Gasteiger partial charge in [-0.2, -0.15) is 0 Å². The van der Waals surface area contributed by atoms with Crippen LogP contribution in [0.4, 0.5) is 0 Å². The molecule has 1 aromatic rings. The number of benzene rings is 1. The molecule has 2 unspecified atom stereocenters. The Bertz CT molecular complexity index is 728. The number of carboxylic acids is 1. The highest BCUT2D eigenvalue weighted by atomic mass is 16.5. The Labute approximate surface area is 166 Å². The second kappa shape index (κ2) is 9.19. The number of hydrogen-bond donors (Lipinski definition) is 2. The molecule has 0 aliphatic carbocycles. The van der Waals surface area contributed by atoms with Crippen molar-refractivity contribution in [3.63, 3.8) is 0 Å². The molecule has 0 aromatic heterocycles. The second-order valence-electron chi connectivity index (χ2n) is 8.02. The van der Waals surface area contributed by atoms with E-state index >= 15 is 0 Å². The number of amides is 2. The van der Waals surface area contributed by atoms with Crippen molar-refractivity contribution in [2.45, 2.75) is 45.6 Å². The minimum absolute atomic E-state index is 0.0745. The molecule has 2 amide bonds. The van der Waals surface area contributed by atoms with Crippen molar-refractivity contribution in [2.24, 2.45) is 5.92 Å². The molecular formula is C21H30N2O5. The van der Waals surface area contributed by atoms with Crippen molar-refractivity contribution in [1.29, 1.82) is 0 Å². The van der Waals surface area contributed by atoms with Gasteiger partial charge in [-0.3, -0.25) is 14.4 Å². The maximum atomic E-state index is 12.9. The zero-order valence-corrected chi connectivity index (χ0v) is 17.1. The number of likely N-dealkylation sites (tertiary alicyclic amines) is 1. The van der Waals surface area contributed by atoms with Gasteiger partial charge < -0.3 is 20.1 Å². The number of methoxy groups -OCH3 is 1. The van der Waals surface area contributed by atoms with Gasteiger partial charge in [-0.1, -0.05) is 17.2 Å². The standard InChI is InChI=1S/C21H30N2O5/c1-14-8-15(2)10-17(9-14)20(27)23-7-5-6-16(12-23)19(26)22-21(3,13-28-4)11-18(24)25/h8-10,16H,5-7,11-13H2,1-4H3,(H,22,26)(H,24,25). The van der Waals surface area contributed by atoms with Crippen molar-refractivity contribution >= 4 is 17.8 Å². The fraction of sp³-hybridized carbons (Fsp3) is 0.571. The second-order valence-corrected chi connectivity index (χ2v) is 8.02. The van der Waals surface area contributed by atoms with E-state index in [1.54, 1.807) is 11.8 Å². The van der Waals surface area contributed by atoms with Crippen LogP contribution >= 0.6 is 0 Å². The fourth-order valence-electron chi connectivity index (χ4n) is 3.84. The van der Waals surface area contributed by atoms with Gasteiger partial charge in [0, 0.05) is 25.8 Å². The summed E-state index contributed by atoms with van der Waals surface area (Å²) in [4.78, 5) is 38.5. The lowest BCUT2D eigenvalue weighted by atomic mass is 9.93. The van der Waals surface area contributed by atoms with Crippen LogP contribution in [0, 0.1) is 19.8 Å². The first kappa shape index (κ1) is 21.9. The summed E-state index contributed by atoms with van der Waals surface area (Å²) < 4.78 is 5.09. The van der Waals surface area contributed by atoms with Crippen molar-refractivity contribution in [3.8, 4) is 0 Å². The molecule has 7 heteroatoms. The first-order valence-corrected chi connectivity index (χ1v) is 9.54. The van der Waals surface area contributed by atoms with Crippen molar-refractivity contribution in [3.05, 3.63) is 34.9 Å². The van der Waals surface area contributed by atoms with Crippen LogP contribution < -0.4 is 5.32 Å². The Kier molecular flexibility index (Phi) is 7.18. The highest BCUT2D eigenvalue weighted by molar-refractivity contribution is 5.95. The summed E-state index contributed by atoms with van der Waals surface area (Å²) in [5.74, 6) is -1.68. The Hall–Kier alpha value is -2.41. The number of aryl methyl sites for hydroxylation is 2. The third kappa shape index (κ3) is 5.79. The molecular weight excluding hydrogens is 360 g/mol. The lowest BCUT2D eigenvalue weighted by Crippen LogP contribution is -2.55. The molecule has 0 bridgehead atoms. The van der Waals surface area contributed by atoms with Gasteiger partial charge in [0.15, 0.2) is 0 Å². The van der Waals surface area contributed by atoms with Crippen LogP contribution in [0.15, 0.2) is 18.2 Å². The van der Waals surface area contributed by atoms with Gasteiger partial charge in [-0.15, -0.1) is 0 Å². The summed E-state index contributed by atoms with van der Waals surface area (Å²) >= 11 is 0. The third-order valence-electron chi connectivity index (χ3n) is 4.98. The minimum Gasteiger partial charge on any atom is -0.481 e. The summed E-state index contributed by atoms with van der Waals surface area (Å²) in [7, 11) is 1.47. The Balaban J connectivity index is 2.08. The number of carbonyl (C=O) groups excluding carboxylic acids is 2. The van der Waals surface area contributed by atoms with E-state index < -0.39 is 11.5 Å². The number of rotatable bonds is 7. The highest BCUT2D eigenvalue weighted by Crippen LogP contribution is 2.21. The zero-order chi connectivity index (χ0) is 20.9. The van der Waals surface area contributed by atoms with E-state index in [0.29, 0.717) is 25.1 Å². The molecule has 1 fully saturated rings. The Morgan fingerprint density at radius 2 is 1.89 bits per heavy atom. The van der Waals surface area contributed by atoms with Gasteiger partial charge in [0.2, 0.25) is 5.91 Å². The minimum atomic E-state index is -1.00. The van der Waals surface area contributed by atoms with E-state index in [4.69, 9.17) is 9.84 Å². The SMILES string of the molecule is COCC(C)(CC(=O)O)NC(=O)C1CCCN(C(=O)c2cc(C)cc(C)c2)C1. The van der Waals surface area contributed by atoms with Crippen molar-refractivity contribution in [1.82, 2.24) is 10.2 Å². The molecule has 1 aromatic carbocycles. The highest BCUT2D eigenvalue weighted by Gasteiger charge is 2.35. The normalized spacial score (nSPS) is 19.0. The van der Waals surface area contributed by atoms with Gasteiger partial charge in [-0.25, -0.2) is 0 Å². The molecule has 7 nitrogen and oxygen atoms in total. The Morgan fingerprint density at radius 3 is 2.46 bits per heavy atom. The summed E-state index contributed by atoms with van der Waals surface area (Å²) in [6, 6.07) is 5.74. The van der Waals surface area contributed by atoms with E-state index in [-0.39, 0.29) is 30.8 Å². The monoisotopic (exact) mass is 390 g/mol. The van der Waals surface area contributed by atoms with Crippen LogP contribution in [0.1, 0.15) is 47.7 Å². The number of nitrogens with zero attached hydrogens (tertiary/aromatic N) is 1. The quantitative estimate of drug-likeness (QED) is 0.744. The van der Waals surface area contributed by atoms with E-state index in [0.717, 1.165) is 17.5 Å². The molecule has 0 spiro atoms. The first-order valence-electron chi connectivity index (χ1n) is 9.54. The van der Waals surface area contributed by atoms with E-state index in [9.17, 15) is 14.4 Å². The molecule has 1 heterocycles. The number of carbonyl (C=O) groups is 3. The van der Waals surface area contributed by atoms with E-state index in [1.807, 2.05) is 32.0 Å². The first-order chi connectivity index (χ1) is 13.1. The molecule has 2 N–H and O–H groups in total. The number of carboxylic acid groups (broad SMARTS) is 1. The summed E-state index contributed by atoms with van der Waals surface area (Å²) in [6.07, 6.45) is 1.16. The zero-order valence-electron chi connectivity index (χ0n) is 17.1. The molecule has 0 saturated carbocycles. The number of nitrogens with one attached hydrogen (secondary N) is 1. The van der Waals surface area contributed by atoms with Crippen LogP contribution in [-0.4, -0.2) is 60.1 Å². The van der Waals surface area contributed by atoms with Gasteiger partial charge in [0.05, 0.1) is 24.5 Å². The fourth-order valence-corrected chi connectivity index (χ4v) is 3.84. The molecule has 154 valence electrons. The molecule has 2 atom stereocenters. The number of piperidine rings is 1. The number of hydrogen-bond acceptors (Lipinski definition) is 4. The maximum absolute atomic E-state index is 12.9. The van der Waals surface area contributed by atoms with Gasteiger partial charge >= 0.3 is 5.97 Å². The largest absolute Gasteiger partial charge is 0.481 e. The molecule has 1 aliphatic heterocycles. The van der Waals surface area contributed by atoms with Gasteiger partial charge in [0.25, 0.3) is 5.91 Å². The lowest BCUT2D eigenvalue weighted by molar-refractivity contribution is -0.140. The van der Waals surface area contributed by atoms with Gasteiger partial charge in [-0.05, 0) is 45.7 Å². The molecule has 28 heavy (non-hydrogen) atoms. The maximum Gasteiger partial charge on any atom is 0.305 e. The topological polar surface area (TPSA) is 95.9 Å². The Morgan fingerprint density at radius 1 is 1.25 bits per heavy atom. The number of aliphatic carboxylic acids is 1. The van der Waals surface area contributed by atoms with E-state index in [1.165, 1.54) is 7.11 Å². The van der Waals surface area contributed by atoms with Crippen LogP contribution in [-0.2, 0) is 14.3 Å². The summed E-state index contributed by atoms with van der Waals surface area (Å²) in [5, 5.41) is 12.0. The van der Waals surface area contributed by atoms with Gasteiger partial charge in [0.1, 0.15) is 0 Å². The van der Waals surface area contributed by atoms with Crippen LogP contribution in [0.5, 0.6) is 0 Å². The molecule has 0 radical (unpaired) electrons. The van der Waals surface area contributed by atoms with Crippen LogP contribution in [0.25, 0.3) is 0 Å². The smallest absolute Gasteiger partial charge is 0.305 e. The molecule has 1 aliphatic rings. The number of ether oxygens (including phenoxy) is 1. The van der Waals surface area contributed by atoms with E-state index in [2.05, 4.69) is 5.32 Å². The van der Waals surface area contributed by atoms with Crippen molar-refractivity contribution < 1.29 is 24.2 Å². The van der Waals surface area contributed by atoms with Crippen molar-refractivity contribution in [2.75, 3.05) is 26.8 Å². The average Bonchev–Trinajstić information content (AvgIpc) is 2.59. The predicted molar refractivity (Wildman–Crippen MR) is 105 cm³/mol. The summed E-state index contributed by atoms with van der Waals surface area (Å²) in [5.41, 5.74) is 1.70. The molecule has 1 saturated heterocycles. The predicted octanol–water partition coefficient (Wildman–Crippen LogP) is 2.15. The third-order valence-corrected chi connectivity index (χ3v) is 4.98. The molecule has 2 rings (SSSR count). The summed E-state index contributed by atoms with van der Waals surface area (Å²) in [6.45, 7) is 6.60. The average molecular weight is 390 g/mol. The van der Waals surface area contributed by atoms with Crippen LogP contribution in [0.3, 0.4) is 0 Å².